The van der Waals surface area contributed by atoms with Crippen molar-refractivity contribution in [1.82, 2.24) is 9.97 Å². The summed E-state index contributed by atoms with van der Waals surface area (Å²) in [5.74, 6) is 2.39. The summed E-state index contributed by atoms with van der Waals surface area (Å²) in [6, 6.07) is 5.69. The van der Waals surface area contributed by atoms with Crippen molar-refractivity contribution in [2.75, 3.05) is 19.0 Å². The number of methoxy groups -OCH3 is 1. The van der Waals surface area contributed by atoms with E-state index in [0.29, 0.717) is 6.61 Å². The number of rotatable bonds is 6. The molecule has 1 N–H and O–H groups in total. The summed E-state index contributed by atoms with van der Waals surface area (Å²) in [4.78, 5) is 8.76. The molecule has 0 radical (unpaired) electrons. The Morgan fingerprint density at radius 2 is 2.26 bits per heavy atom. The number of hydrogen-bond donors (Lipinski definition) is 1. The summed E-state index contributed by atoms with van der Waals surface area (Å²) in [6.07, 6.45) is 2.54. The molecule has 0 bridgehead atoms. The molecule has 2 aromatic heterocycles. The van der Waals surface area contributed by atoms with Crippen molar-refractivity contribution < 1.29 is 9.15 Å². The molecule has 0 spiro atoms. The smallest absolute Gasteiger partial charge is 0.130 e. The maximum atomic E-state index is 5.42. The molecule has 0 saturated heterocycles. The van der Waals surface area contributed by atoms with E-state index >= 15 is 0 Å². The van der Waals surface area contributed by atoms with Gasteiger partial charge in [-0.05, 0) is 25.5 Å². The molecular formula is C14H19N3O2. The Morgan fingerprint density at radius 1 is 1.42 bits per heavy atom. The van der Waals surface area contributed by atoms with E-state index in [1.54, 1.807) is 13.4 Å². The standard InChI is InChI=1S/C14H19N3O2/c1-4-11-8-14(16-10(2)15-11)17-12(9-18-3)13-6-5-7-19-13/h5-8,12H,4,9H2,1-3H3,(H,15,16,17). The molecule has 0 aromatic carbocycles. The van der Waals surface area contributed by atoms with Gasteiger partial charge in [0.25, 0.3) is 0 Å². The zero-order chi connectivity index (χ0) is 13.7. The van der Waals surface area contributed by atoms with Gasteiger partial charge >= 0.3 is 0 Å². The van der Waals surface area contributed by atoms with Gasteiger partial charge < -0.3 is 14.5 Å². The first-order valence-corrected chi connectivity index (χ1v) is 6.36. The Hall–Kier alpha value is -1.88. The van der Waals surface area contributed by atoms with Gasteiger partial charge in [-0.3, -0.25) is 0 Å². The van der Waals surface area contributed by atoms with Gasteiger partial charge in [0.1, 0.15) is 23.4 Å². The van der Waals surface area contributed by atoms with E-state index in [9.17, 15) is 0 Å². The van der Waals surface area contributed by atoms with Crippen molar-refractivity contribution >= 4 is 5.82 Å². The van der Waals surface area contributed by atoms with Crippen molar-refractivity contribution in [2.24, 2.45) is 0 Å². The molecule has 2 heterocycles. The highest BCUT2D eigenvalue weighted by Crippen LogP contribution is 2.19. The number of nitrogens with one attached hydrogen (secondary N) is 1. The highest BCUT2D eigenvalue weighted by molar-refractivity contribution is 5.38. The van der Waals surface area contributed by atoms with E-state index in [-0.39, 0.29) is 6.04 Å². The maximum absolute atomic E-state index is 5.42. The average molecular weight is 261 g/mol. The van der Waals surface area contributed by atoms with Gasteiger partial charge in [0.05, 0.1) is 12.9 Å². The second-order valence-electron chi connectivity index (χ2n) is 4.31. The number of aromatic nitrogens is 2. The molecule has 5 heteroatoms. The van der Waals surface area contributed by atoms with Crippen LogP contribution in [-0.2, 0) is 11.2 Å². The molecule has 0 amide bonds. The van der Waals surface area contributed by atoms with Crippen LogP contribution in [0.3, 0.4) is 0 Å². The van der Waals surface area contributed by atoms with Crippen LogP contribution in [0.4, 0.5) is 5.82 Å². The lowest BCUT2D eigenvalue weighted by molar-refractivity contribution is 0.178. The number of furan rings is 1. The van der Waals surface area contributed by atoms with Crippen LogP contribution in [-0.4, -0.2) is 23.7 Å². The molecule has 2 rings (SSSR count). The number of anilines is 1. The van der Waals surface area contributed by atoms with Crippen LogP contribution in [0.25, 0.3) is 0 Å². The van der Waals surface area contributed by atoms with E-state index < -0.39 is 0 Å². The van der Waals surface area contributed by atoms with E-state index in [1.165, 1.54) is 0 Å². The van der Waals surface area contributed by atoms with Crippen molar-refractivity contribution in [3.05, 3.63) is 41.7 Å². The SMILES string of the molecule is CCc1cc(NC(COC)c2ccco2)nc(C)n1. The molecule has 0 fully saturated rings. The summed E-state index contributed by atoms with van der Waals surface area (Å²) in [5.41, 5.74) is 1.02. The number of ether oxygens (including phenoxy) is 1. The van der Waals surface area contributed by atoms with Gasteiger partial charge in [0.2, 0.25) is 0 Å². The third-order valence-corrected chi connectivity index (χ3v) is 2.80. The minimum absolute atomic E-state index is 0.0565. The molecule has 0 aliphatic carbocycles. The highest BCUT2D eigenvalue weighted by Gasteiger charge is 2.15. The molecule has 5 nitrogen and oxygen atoms in total. The predicted octanol–water partition coefficient (Wildman–Crippen LogP) is 2.74. The quantitative estimate of drug-likeness (QED) is 0.866. The fourth-order valence-corrected chi connectivity index (χ4v) is 1.91. The van der Waals surface area contributed by atoms with Crippen LogP contribution in [0, 0.1) is 6.92 Å². The van der Waals surface area contributed by atoms with Crippen LogP contribution in [0.5, 0.6) is 0 Å². The van der Waals surface area contributed by atoms with E-state index in [2.05, 4.69) is 22.2 Å². The molecule has 1 unspecified atom stereocenters. The third-order valence-electron chi connectivity index (χ3n) is 2.80. The summed E-state index contributed by atoms with van der Waals surface area (Å²) >= 11 is 0. The highest BCUT2D eigenvalue weighted by atomic mass is 16.5. The molecule has 19 heavy (non-hydrogen) atoms. The van der Waals surface area contributed by atoms with Gasteiger partial charge in [-0.15, -0.1) is 0 Å². The molecule has 0 saturated carbocycles. The van der Waals surface area contributed by atoms with E-state index in [0.717, 1.165) is 29.5 Å². The molecule has 1 atom stereocenters. The maximum Gasteiger partial charge on any atom is 0.130 e. The summed E-state index contributed by atoms with van der Waals surface area (Å²) in [6.45, 7) is 4.48. The largest absolute Gasteiger partial charge is 0.467 e. The lowest BCUT2D eigenvalue weighted by atomic mass is 10.2. The molecule has 102 valence electrons. The van der Waals surface area contributed by atoms with Gasteiger partial charge in [-0.1, -0.05) is 6.92 Å². The Kier molecular flexibility index (Phi) is 4.52. The van der Waals surface area contributed by atoms with Crippen molar-refractivity contribution in [2.45, 2.75) is 26.3 Å². The third kappa shape index (κ3) is 3.54. The van der Waals surface area contributed by atoms with Crippen molar-refractivity contribution in [3.63, 3.8) is 0 Å². The molecule has 0 aliphatic rings. The fourth-order valence-electron chi connectivity index (χ4n) is 1.91. The second kappa shape index (κ2) is 6.33. The second-order valence-corrected chi connectivity index (χ2v) is 4.31. The van der Waals surface area contributed by atoms with Gasteiger partial charge in [-0.25, -0.2) is 9.97 Å². The van der Waals surface area contributed by atoms with Crippen molar-refractivity contribution in [1.29, 1.82) is 0 Å². The van der Waals surface area contributed by atoms with E-state index in [1.807, 2.05) is 25.1 Å². The zero-order valence-electron chi connectivity index (χ0n) is 11.5. The number of aryl methyl sites for hydroxylation is 2. The summed E-state index contributed by atoms with van der Waals surface area (Å²) in [7, 11) is 1.67. The Balaban J connectivity index is 2.19. The van der Waals surface area contributed by atoms with E-state index in [4.69, 9.17) is 9.15 Å². The van der Waals surface area contributed by atoms with Crippen LogP contribution in [0.15, 0.2) is 28.9 Å². The summed E-state index contributed by atoms with van der Waals surface area (Å²) < 4.78 is 10.6. The normalized spacial score (nSPS) is 12.4. The van der Waals surface area contributed by atoms with Gasteiger partial charge in [0.15, 0.2) is 0 Å². The first-order valence-electron chi connectivity index (χ1n) is 6.36. The number of hydrogen-bond acceptors (Lipinski definition) is 5. The van der Waals surface area contributed by atoms with Crippen LogP contribution >= 0.6 is 0 Å². The van der Waals surface area contributed by atoms with Crippen LogP contribution in [0.1, 0.15) is 30.2 Å². The molecule has 0 aliphatic heterocycles. The van der Waals surface area contributed by atoms with Crippen LogP contribution in [0.2, 0.25) is 0 Å². The Morgan fingerprint density at radius 3 is 2.89 bits per heavy atom. The minimum Gasteiger partial charge on any atom is -0.467 e. The first kappa shape index (κ1) is 13.5. The monoisotopic (exact) mass is 261 g/mol. The summed E-state index contributed by atoms with van der Waals surface area (Å²) in [5, 5.41) is 3.33. The van der Waals surface area contributed by atoms with Gasteiger partial charge in [-0.2, -0.15) is 0 Å². The minimum atomic E-state index is -0.0565. The Bertz CT molecular complexity index is 511. The zero-order valence-corrected chi connectivity index (χ0v) is 11.5. The molecular weight excluding hydrogens is 242 g/mol. The predicted molar refractivity (Wildman–Crippen MR) is 73.1 cm³/mol. The lowest BCUT2D eigenvalue weighted by Gasteiger charge is -2.17. The lowest BCUT2D eigenvalue weighted by Crippen LogP contribution is -2.17. The first-order chi connectivity index (χ1) is 9.22. The molecule has 2 aromatic rings. The average Bonchev–Trinajstić information content (AvgIpc) is 2.91. The van der Waals surface area contributed by atoms with Crippen molar-refractivity contribution in [3.8, 4) is 0 Å². The fraction of sp³-hybridized carbons (Fsp3) is 0.429. The van der Waals surface area contributed by atoms with Gasteiger partial charge in [0, 0.05) is 18.9 Å². The number of nitrogens with zero attached hydrogens (tertiary/aromatic N) is 2. The topological polar surface area (TPSA) is 60.2 Å². The van der Waals surface area contributed by atoms with Crippen LogP contribution < -0.4 is 5.32 Å². The Labute approximate surface area is 113 Å².